The van der Waals surface area contributed by atoms with Crippen LogP contribution in [0.15, 0.2) is 18.2 Å². The maximum atomic E-state index is 12.1. The van der Waals surface area contributed by atoms with E-state index in [-0.39, 0.29) is 13.1 Å². The second kappa shape index (κ2) is 8.25. The van der Waals surface area contributed by atoms with Crippen molar-refractivity contribution in [3.63, 3.8) is 0 Å². The number of carboxylic acid groups (broad SMARTS) is 1. The molecule has 0 aliphatic carbocycles. The van der Waals surface area contributed by atoms with Crippen molar-refractivity contribution in [3.8, 4) is 0 Å². The van der Waals surface area contributed by atoms with Gasteiger partial charge in [-0.25, -0.2) is 17.5 Å². The van der Waals surface area contributed by atoms with Crippen molar-refractivity contribution < 1.29 is 23.1 Å². The molecule has 0 bridgehead atoms. The third-order valence-electron chi connectivity index (χ3n) is 3.54. The van der Waals surface area contributed by atoms with Crippen LogP contribution in [0.1, 0.15) is 36.6 Å². The molecule has 0 radical (unpaired) electrons. The first-order chi connectivity index (χ1) is 11.1. The van der Waals surface area contributed by atoms with E-state index < -0.39 is 33.7 Å². The summed E-state index contributed by atoms with van der Waals surface area (Å²) in [6, 6.07) is 3.91. The van der Waals surface area contributed by atoms with Crippen LogP contribution < -0.4 is 5.32 Å². The monoisotopic (exact) mass is 356 g/mol. The van der Waals surface area contributed by atoms with Crippen LogP contribution in [-0.4, -0.2) is 48.5 Å². The molecule has 1 unspecified atom stereocenters. The van der Waals surface area contributed by atoms with Crippen LogP contribution in [-0.2, 0) is 19.6 Å². The second-order valence-electron chi connectivity index (χ2n) is 5.60. The van der Waals surface area contributed by atoms with Gasteiger partial charge in [0, 0.05) is 13.1 Å². The van der Waals surface area contributed by atoms with Crippen molar-refractivity contribution >= 4 is 21.9 Å². The number of carboxylic acids is 1. The number of benzene rings is 1. The minimum atomic E-state index is -3.76. The Hall–Kier alpha value is -1.93. The van der Waals surface area contributed by atoms with E-state index in [0.29, 0.717) is 5.56 Å². The number of sulfonamides is 1. The third-order valence-corrected chi connectivity index (χ3v) is 5.47. The molecule has 2 N–H and O–H groups in total. The average molecular weight is 356 g/mol. The Morgan fingerprint density at radius 1 is 1.12 bits per heavy atom. The standard InChI is InChI=1S/C16H24N2O5S/c1-5-18(6-2)24(22,23)10-14(19)17-15(16(20)21)13-8-11(3)7-12(4)9-13/h7-9,15H,5-6,10H2,1-4H3,(H,17,19)(H,20,21). The molecule has 0 aromatic heterocycles. The highest BCUT2D eigenvalue weighted by Gasteiger charge is 2.27. The number of aryl methyl sites for hydroxylation is 2. The van der Waals surface area contributed by atoms with Gasteiger partial charge in [-0.1, -0.05) is 43.2 Å². The van der Waals surface area contributed by atoms with Crippen LogP contribution in [0.4, 0.5) is 0 Å². The van der Waals surface area contributed by atoms with E-state index in [1.807, 2.05) is 19.9 Å². The molecule has 1 rings (SSSR count). The smallest absolute Gasteiger partial charge is 0.330 e. The average Bonchev–Trinajstić information content (AvgIpc) is 2.43. The Balaban J connectivity index is 2.97. The molecule has 0 aliphatic heterocycles. The van der Waals surface area contributed by atoms with Crippen molar-refractivity contribution in [2.45, 2.75) is 33.7 Å². The van der Waals surface area contributed by atoms with Gasteiger partial charge in [0.15, 0.2) is 6.04 Å². The largest absolute Gasteiger partial charge is 0.479 e. The van der Waals surface area contributed by atoms with Crippen LogP contribution in [0.3, 0.4) is 0 Å². The number of aliphatic carboxylic acids is 1. The molecule has 1 aromatic rings. The SMILES string of the molecule is CCN(CC)S(=O)(=O)CC(=O)NC(C(=O)O)c1cc(C)cc(C)c1. The van der Waals surface area contributed by atoms with E-state index >= 15 is 0 Å². The predicted molar refractivity (Wildman–Crippen MR) is 91.1 cm³/mol. The van der Waals surface area contributed by atoms with Gasteiger partial charge in [-0.05, 0) is 19.4 Å². The number of carbonyl (C=O) groups is 2. The first-order valence-corrected chi connectivity index (χ1v) is 9.29. The van der Waals surface area contributed by atoms with E-state index in [1.54, 1.807) is 26.0 Å². The molecule has 0 saturated carbocycles. The molecule has 0 saturated heterocycles. The van der Waals surface area contributed by atoms with Gasteiger partial charge >= 0.3 is 5.97 Å². The number of amides is 1. The number of rotatable bonds is 8. The highest BCUT2D eigenvalue weighted by atomic mass is 32.2. The fraction of sp³-hybridized carbons (Fsp3) is 0.500. The lowest BCUT2D eigenvalue weighted by atomic mass is 10.0. The van der Waals surface area contributed by atoms with Crippen molar-refractivity contribution in [1.82, 2.24) is 9.62 Å². The predicted octanol–water partition coefficient (Wildman–Crippen LogP) is 1.22. The van der Waals surface area contributed by atoms with Crippen LogP contribution in [0.25, 0.3) is 0 Å². The number of nitrogens with one attached hydrogen (secondary N) is 1. The summed E-state index contributed by atoms with van der Waals surface area (Å²) in [5, 5.41) is 11.7. The zero-order valence-electron chi connectivity index (χ0n) is 14.4. The number of nitrogens with zero attached hydrogens (tertiary/aromatic N) is 1. The summed E-state index contributed by atoms with van der Waals surface area (Å²) >= 11 is 0. The highest BCUT2D eigenvalue weighted by molar-refractivity contribution is 7.89. The summed E-state index contributed by atoms with van der Waals surface area (Å²) in [5.74, 6) is -2.86. The molecular formula is C16H24N2O5S. The molecule has 1 aromatic carbocycles. The first-order valence-electron chi connectivity index (χ1n) is 7.68. The van der Waals surface area contributed by atoms with Gasteiger partial charge in [0.05, 0.1) is 0 Å². The van der Waals surface area contributed by atoms with Gasteiger partial charge in [-0.2, -0.15) is 0 Å². The Morgan fingerprint density at radius 3 is 2.04 bits per heavy atom. The van der Waals surface area contributed by atoms with E-state index in [0.717, 1.165) is 11.1 Å². The number of hydrogen-bond donors (Lipinski definition) is 2. The molecule has 0 aliphatic rings. The lowest BCUT2D eigenvalue weighted by Crippen LogP contribution is -2.42. The van der Waals surface area contributed by atoms with Crippen LogP contribution >= 0.6 is 0 Å². The van der Waals surface area contributed by atoms with Crippen molar-refractivity contribution in [3.05, 3.63) is 34.9 Å². The van der Waals surface area contributed by atoms with Crippen molar-refractivity contribution in [2.24, 2.45) is 0 Å². The second-order valence-corrected chi connectivity index (χ2v) is 7.57. The summed E-state index contributed by atoms with van der Waals surface area (Å²) in [5.41, 5.74) is 2.14. The van der Waals surface area contributed by atoms with Crippen LogP contribution in [0.5, 0.6) is 0 Å². The minimum absolute atomic E-state index is 0.256. The number of hydrogen-bond acceptors (Lipinski definition) is 4. The summed E-state index contributed by atoms with van der Waals surface area (Å²) in [7, 11) is -3.76. The molecule has 134 valence electrons. The van der Waals surface area contributed by atoms with Crippen molar-refractivity contribution in [2.75, 3.05) is 18.8 Å². The van der Waals surface area contributed by atoms with E-state index in [9.17, 15) is 23.1 Å². The van der Waals surface area contributed by atoms with E-state index in [4.69, 9.17) is 0 Å². The van der Waals surface area contributed by atoms with Gasteiger partial charge in [0.1, 0.15) is 5.75 Å². The molecule has 0 fully saturated rings. The first kappa shape index (κ1) is 20.1. The molecule has 8 heteroatoms. The fourth-order valence-electron chi connectivity index (χ4n) is 2.54. The summed E-state index contributed by atoms with van der Waals surface area (Å²) in [6.45, 7) is 7.50. The van der Waals surface area contributed by atoms with Gasteiger partial charge in [0.2, 0.25) is 15.9 Å². The fourth-order valence-corrected chi connectivity index (χ4v) is 3.92. The van der Waals surface area contributed by atoms with E-state index in [1.165, 1.54) is 4.31 Å². The topological polar surface area (TPSA) is 104 Å². The van der Waals surface area contributed by atoms with Gasteiger partial charge < -0.3 is 10.4 Å². The Kier molecular flexibility index (Phi) is 6.92. The lowest BCUT2D eigenvalue weighted by molar-refractivity contribution is -0.141. The quantitative estimate of drug-likeness (QED) is 0.729. The van der Waals surface area contributed by atoms with Gasteiger partial charge in [-0.15, -0.1) is 0 Å². The van der Waals surface area contributed by atoms with E-state index in [2.05, 4.69) is 5.32 Å². The molecule has 1 atom stereocenters. The Morgan fingerprint density at radius 2 is 1.62 bits per heavy atom. The zero-order valence-corrected chi connectivity index (χ0v) is 15.2. The lowest BCUT2D eigenvalue weighted by Gasteiger charge is -2.20. The highest BCUT2D eigenvalue weighted by Crippen LogP contribution is 2.17. The van der Waals surface area contributed by atoms with Gasteiger partial charge in [0.25, 0.3) is 0 Å². The summed E-state index contributed by atoms with van der Waals surface area (Å²) in [6.07, 6.45) is 0. The Bertz CT molecular complexity index is 691. The van der Waals surface area contributed by atoms with Crippen LogP contribution in [0.2, 0.25) is 0 Å². The molecular weight excluding hydrogens is 332 g/mol. The van der Waals surface area contributed by atoms with Gasteiger partial charge in [-0.3, -0.25) is 4.79 Å². The van der Waals surface area contributed by atoms with Crippen LogP contribution in [0, 0.1) is 13.8 Å². The normalized spacial score (nSPS) is 12.9. The number of carbonyl (C=O) groups excluding carboxylic acids is 1. The maximum absolute atomic E-state index is 12.1. The summed E-state index contributed by atoms with van der Waals surface area (Å²) < 4.78 is 25.4. The third kappa shape index (κ3) is 5.31. The minimum Gasteiger partial charge on any atom is -0.479 e. The molecule has 1 amide bonds. The Labute approximate surface area is 142 Å². The molecule has 7 nitrogen and oxygen atoms in total. The van der Waals surface area contributed by atoms with Crippen molar-refractivity contribution in [1.29, 1.82) is 0 Å². The maximum Gasteiger partial charge on any atom is 0.330 e. The zero-order chi connectivity index (χ0) is 18.5. The molecule has 0 heterocycles. The molecule has 24 heavy (non-hydrogen) atoms. The summed E-state index contributed by atoms with van der Waals surface area (Å²) in [4.78, 5) is 23.6. The molecule has 0 spiro atoms.